The van der Waals surface area contributed by atoms with Crippen LogP contribution >= 0.6 is 0 Å². The summed E-state index contributed by atoms with van der Waals surface area (Å²) in [7, 11) is 0. The normalized spacial score (nSPS) is 30.4. The third-order valence-electron chi connectivity index (χ3n) is 2.43. The van der Waals surface area contributed by atoms with E-state index in [1.807, 2.05) is 0 Å². The first-order chi connectivity index (χ1) is 5.88. The highest BCUT2D eigenvalue weighted by molar-refractivity contribution is 4.78. The molecule has 12 heavy (non-hydrogen) atoms. The van der Waals surface area contributed by atoms with Gasteiger partial charge in [-0.1, -0.05) is 12.8 Å². The summed E-state index contributed by atoms with van der Waals surface area (Å²) < 4.78 is 0. The van der Waals surface area contributed by atoms with E-state index in [4.69, 9.17) is 0 Å². The van der Waals surface area contributed by atoms with Crippen LogP contribution in [0.4, 0.5) is 0 Å². The minimum atomic E-state index is -0.258. The van der Waals surface area contributed by atoms with E-state index in [2.05, 4.69) is 10.2 Å². The van der Waals surface area contributed by atoms with Crippen molar-refractivity contribution in [1.82, 2.24) is 15.0 Å². The van der Waals surface area contributed by atoms with E-state index in [0.717, 1.165) is 19.3 Å². The van der Waals surface area contributed by atoms with Gasteiger partial charge in [0.2, 0.25) is 0 Å². The summed E-state index contributed by atoms with van der Waals surface area (Å²) in [6.45, 7) is 0. The predicted octanol–water partition coefficient (Wildman–Crippen LogP) is 0.754. The molecule has 1 aliphatic carbocycles. The van der Waals surface area contributed by atoms with Gasteiger partial charge in [-0.15, -0.1) is 0 Å². The molecule has 0 amide bonds. The minimum absolute atomic E-state index is 0.105. The maximum atomic E-state index is 9.64. The Balaban J connectivity index is 2.11. The highest BCUT2D eigenvalue weighted by Crippen LogP contribution is 2.26. The summed E-state index contributed by atoms with van der Waals surface area (Å²) in [6, 6.07) is 0.105. The van der Waals surface area contributed by atoms with Crippen molar-refractivity contribution in [3.8, 4) is 0 Å². The van der Waals surface area contributed by atoms with Gasteiger partial charge >= 0.3 is 0 Å². The van der Waals surface area contributed by atoms with Crippen molar-refractivity contribution < 1.29 is 5.11 Å². The van der Waals surface area contributed by atoms with Crippen LogP contribution in [-0.2, 0) is 0 Å². The summed E-state index contributed by atoms with van der Waals surface area (Å²) in [5.41, 5.74) is 0. The standard InChI is InChI=1S/C8H13N3O/c12-8-4-2-1-3-7(8)11-9-5-6-10-11/h5-8,12H,1-4H2. The summed E-state index contributed by atoms with van der Waals surface area (Å²) >= 11 is 0. The van der Waals surface area contributed by atoms with Crippen molar-refractivity contribution >= 4 is 0 Å². The fourth-order valence-electron chi connectivity index (χ4n) is 1.76. The Labute approximate surface area is 71.2 Å². The number of aliphatic hydroxyl groups excluding tert-OH is 1. The third-order valence-corrected chi connectivity index (χ3v) is 2.43. The lowest BCUT2D eigenvalue weighted by Crippen LogP contribution is -2.28. The Morgan fingerprint density at radius 1 is 1.17 bits per heavy atom. The molecule has 0 radical (unpaired) electrons. The molecule has 2 atom stereocenters. The Bertz CT molecular complexity index is 234. The molecule has 0 aromatic carbocycles. The van der Waals surface area contributed by atoms with Gasteiger partial charge in [-0.05, 0) is 12.8 Å². The van der Waals surface area contributed by atoms with Gasteiger partial charge in [0.15, 0.2) is 0 Å². The van der Waals surface area contributed by atoms with E-state index in [1.54, 1.807) is 17.2 Å². The van der Waals surface area contributed by atoms with E-state index < -0.39 is 0 Å². The smallest absolute Gasteiger partial charge is 0.0974 e. The monoisotopic (exact) mass is 167 g/mol. The van der Waals surface area contributed by atoms with Crippen LogP contribution in [0, 0.1) is 0 Å². The molecule has 1 saturated carbocycles. The Morgan fingerprint density at radius 3 is 2.50 bits per heavy atom. The maximum absolute atomic E-state index is 9.64. The predicted molar refractivity (Wildman–Crippen MR) is 43.5 cm³/mol. The van der Waals surface area contributed by atoms with Gasteiger partial charge in [-0.25, -0.2) is 0 Å². The largest absolute Gasteiger partial charge is 0.391 e. The highest BCUT2D eigenvalue weighted by atomic mass is 16.3. The van der Waals surface area contributed by atoms with E-state index in [-0.39, 0.29) is 12.1 Å². The van der Waals surface area contributed by atoms with E-state index in [1.165, 1.54) is 6.42 Å². The average Bonchev–Trinajstić information content (AvgIpc) is 2.57. The van der Waals surface area contributed by atoms with Gasteiger partial charge in [-0.3, -0.25) is 0 Å². The third kappa shape index (κ3) is 1.34. The molecule has 2 rings (SSSR count). The van der Waals surface area contributed by atoms with Crippen molar-refractivity contribution in [2.45, 2.75) is 37.8 Å². The van der Waals surface area contributed by atoms with E-state index in [9.17, 15) is 5.11 Å². The van der Waals surface area contributed by atoms with E-state index in [0.29, 0.717) is 0 Å². The number of hydrogen-bond donors (Lipinski definition) is 1. The molecule has 66 valence electrons. The van der Waals surface area contributed by atoms with Gasteiger partial charge in [0.1, 0.15) is 0 Å². The molecule has 1 heterocycles. The zero-order valence-corrected chi connectivity index (χ0v) is 6.93. The van der Waals surface area contributed by atoms with Gasteiger partial charge in [-0.2, -0.15) is 15.0 Å². The van der Waals surface area contributed by atoms with Crippen LogP contribution in [0.25, 0.3) is 0 Å². The molecule has 2 unspecified atom stereocenters. The summed E-state index contributed by atoms with van der Waals surface area (Å²) in [5, 5.41) is 17.7. The average molecular weight is 167 g/mol. The number of rotatable bonds is 1. The van der Waals surface area contributed by atoms with Crippen molar-refractivity contribution in [1.29, 1.82) is 0 Å². The molecule has 4 heteroatoms. The van der Waals surface area contributed by atoms with Crippen molar-refractivity contribution in [3.63, 3.8) is 0 Å². The van der Waals surface area contributed by atoms with Crippen LogP contribution in [-0.4, -0.2) is 26.2 Å². The van der Waals surface area contributed by atoms with Gasteiger partial charge in [0.05, 0.1) is 24.5 Å². The first-order valence-corrected chi connectivity index (χ1v) is 4.42. The maximum Gasteiger partial charge on any atom is 0.0974 e. The van der Waals surface area contributed by atoms with Crippen molar-refractivity contribution in [2.24, 2.45) is 0 Å². The first kappa shape index (κ1) is 7.73. The van der Waals surface area contributed by atoms with Crippen LogP contribution in [0.15, 0.2) is 12.4 Å². The molecular weight excluding hydrogens is 154 g/mol. The summed E-state index contributed by atoms with van der Waals surface area (Å²) in [4.78, 5) is 1.63. The first-order valence-electron chi connectivity index (χ1n) is 4.42. The highest BCUT2D eigenvalue weighted by Gasteiger charge is 2.25. The number of nitrogens with zero attached hydrogens (tertiary/aromatic N) is 3. The van der Waals surface area contributed by atoms with Crippen LogP contribution in [0.5, 0.6) is 0 Å². The molecule has 1 aliphatic rings. The van der Waals surface area contributed by atoms with Gasteiger partial charge in [0, 0.05) is 0 Å². The molecule has 4 nitrogen and oxygen atoms in total. The quantitative estimate of drug-likeness (QED) is 0.671. The second kappa shape index (κ2) is 3.23. The Hall–Kier alpha value is -0.900. The fraction of sp³-hybridized carbons (Fsp3) is 0.750. The van der Waals surface area contributed by atoms with Gasteiger partial charge < -0.3 is 5.11 Å². The fourth-order valence-corrected chi connectivity index (χ4v) is 1.76. The summed E-state index contributed by atoms with van der Waals surface area (Å²) in [6.07, 6.45) is 7.22. The number of aliphatic hydroxyl groups is 1. The SMILES string of the molecule is OC1CCCCC1n1nccn1. The molecule has 1 aromatic heterocycles. The van der Waals surface area contributed by atoms with Crippen LogP contribution < -0.4 is 0 Å². The molecule has 1 aromatic rings. The Kier molecular flexibility index (Phi) is 2.08. The summed E-state index contributed by atoms with van der Waals surface area (Å²) in [5.74, 6) is 0. The lowest BCUT2D eigenvalue weighted by molar-refractivity contribution is 0.0622. The van der Waals surface area contributed by atoms with Crippen LogP contribution in [0.1, 0.15) is 31.7 Å². The molecule has 0 spiro atoms. The molecule has 1 fully saturated rings. The second-order valence-corrected chi connectivity index (χ2v) is 3.27. The van der Waals surface area contributed by atoms with E-state index >= 15 is 0 Å². The topological polar surface area (TPSA) is 50.9 Å². The van der Waals surface area contributed by atoms with Crippen molar-refractivity contribution in [2.75, 3.05) is 0 Å². The number of aromatic nitrogens is 3. The minimum Gasteiger partial charge on any atom is -0.391 e. The molecule has 0 saturated heterocycles. The van der Waals surface area contributed by atoms with Gasteiger partial charge in [0.25, 0.3) is 0 Å². The zero-order chi connectivity index (χ0) is 8.39. The number of hydrogen-bond acceptors (Lipinski definition) is 3. The van der Waals surface area contributed by atoms with Crippen molar-refractivity contribution in [3.05, 3.63) is 12.4 Å². The lowest BCUT2D eigenvalue weighted by atomic mass is 9.93. The zero-order valence-electron chi connectivity index (χ0n) is 6.93. The molecular formula is C8H13N3O. The molecule has 0 bridgehead atoms. The van der Waals surface area contributed by atoms with Crippen LogP contribution in [0.3, 0.4) is 0 Å². The molecule has 1 N–H and O–H groups in total. The lowest BCUT2D eigenvalue weighted by Gasteiger charge is -2.26. The van der Waals surface area contributed by atoms with Crippen LogP contribution in [0.2, 0.25) is 0 Å². The second-order valence-electron chi connectivity index (χ2n) is 3.27. The molecule has 0 aliphatic heterocycles. The Morgan fingerprint density at radius 2 is 1.83 bits per heavy atom.